The lowest BCUT2D eigenvalue weighted by Gasteiger charge is -2.09. The molecule has 0 spiro atoms. The standard InChI is InChI=1S/C15H27N3/c1-5-7-8-9-10-13-14(16)18(11-6-2)15(17-13)12(3)4/h6,12H,2,5,7-11,16H2,1,3-4H3. The van der Waals surface area contributed by atoms with Gasteiger partial charge in [-0.15, -0.1) is 6.58 Å². The molecular formula is C15H27N3. The van der Waals surface area contributed by atoms with Crippen LogP contribution in [0, 0.1) is 0 Å². The van der Waals surface area contributed by atoms with Gasteiger partial charge in [-0.1, -0.05) is 46.1 Å². The van der Waals surface area contributed by atoms with Gasteiger partial charge in [-0.3, -0.25) is 0 Å². The van der Waals surface area contributed by atoms with Crippen LogP contribution < -0.4 is 5.73 Å². The van der Waals surface area contributed by atoms with E-state index in [1.54, 1.807) is 0 Å². The van der Waals surface area contributed by atoms with Gasteiger partial charge in [-0.25, -0.2) is 4.98 Å². The van der Waals surface area contributed by atoms with Gasteiger partial charge in [0, 0.05) is 12.5 Å². The third-order valence-electron chi connectivity index (χ3n) is 3.21. The molecule has 0 aromatic carbocycles. The minimum Gasteiger partial charge on any atom is -0.384 e. The first-order chi connectivity index (χ1) is 8.61. The smallest absolute Gasteiger partial charge is 0.127 e. The number of hydrogen-bond acceptors (Lipinski definition) is 2. The maximum Gasteiger partial charge on any atom is 0.127 e. The number of rotatable bonds is 8. The zero-order chi connectivity index (χ0) is 13.5. The number of hydrogen-bond donors (Lipinski definition) is 1. The van der Waals surface area contributed by atoms with Gasteiger partial charge >= 0.3 is 0 Å². The molecule has 1 aromatic rings. The first-order valence-electron chi connectivity index (χ1n) is 7.07. The van der Waals surface area contributed by atoms with Crippen LogP contribution in [0.15, 0.2) is 12.7 Å². The van der Waals surface area contributed by atoms with Crippen molar-refractivity contribution in [3.05, 3.63) is 24.2 Å². The monoisotopic (exact) mass is 249 g/mol. The van der Waals surface area contributed by atoms with Gasteiger partial charge in [0.25, 0.3) is 0 Å². The molecule has 0 unspecified atom stereocenters. The fourth-order valence-electron chi connectivity index (χ4n) is 2.20. The molecule has 2 N–H and O–H groups in total. The quantitative estimate of drug-likeness (QED) is 0.561. The lowest BCUT2D eigenvalue weighted by atomic mass is 10.1. The number of allylic oxidation sites excluding steroid dienone is 1. The molecule has 0 saturated heterocycles. The van der Waals surface area contributed by atoms with Crippen LogP contribution in [0.3, 0.4) is 0 Å². The molecule has 0 aliphatic rings. The van der Waals surface area contributed by atoms with Gasteiger partial charge in [0.15, 0.2) is 0 Å². The van der Waals surface area contributed by atoms with E-state index in [-0.39, 0.29) is 0 Å². The molecule has 0 amide bonds. The van der Waals surface area contributed by atoms with E-state index in [1.807, 2.05) is 6.08 Å². The van der Waals surface area contributed by atoms with Crippen molar-refractivity contribution in [1.82, 2.24) is 9.55 Å². The van der Waals surface area contributed by atoms with Crippen molar-refractivity contribution >= 4 is 5.82 Å². The van der Waals surface area contributed by atoms with E-state index >= 15 is 0 Å². The summed E-state index contributed by atoms with van der Waals surface area (Å²) in [4.78, 5) is 4.72. The fraction of sp³-hybridized carbons (Fsp3) is 0.667. The Balaban J connectivity index is 2.79. The van der Waals surface area contributed by atoms with Crippen molar-refractivity contribution in [1.29, 1.82) is 0 Å². The molecule has 0 aliphatic carbocycles. The van der Waals surface area contributed by atoms with Gasteiger partial charge in [0.05, 0.1) is 5.69 Å². The highest BCUT2D eigenvalue weighted by molar-refractivity contribution is 5.39. The molecule has 0 fully saturated rings. The molecule has 3 heteroatoms. The summed E-state index contributed by atoms with van der Waals surface area (Å²) in [6, 6.07) is 0. The van der Waals surface area contributed by atoms with Gasteiger partial charge < -0.3 is 10.3 Å². The summed E-state index contributed by atoms with van der Waals surface area (Å²) in [6.45, 7) is 11.1. The van der Waals surface area contributed by atoms with Crippen LogP contribution >= 0.6 is 0 Å². The van der Waals surface area contributed by atoms with Crippen molar-refractivity contribution < 1.29 is 0 Å². The van der Waals surface area contributed by atoms with E-state index in [4.69, 9.17) is 10.7 Å². The highest BCUT2D eigenvalue weighted by atomic mass is 15.1. The van der Waals surface area contributed by atoms with E-state index in [9.17, 15) is 0 Å². The molecule has 3 nitrogen and oxygen atoms in total. The number of nitrogen functional groups attached to an aromatic ring is 1. The van der Waals surface area contributed by atoms with Crippen LogP contribution in [0.2, 0.25) is 0 Å². The summed E-state index contributed by atoms with van der Waals surface area (Å²) in [5.74, 6) is 2.31. The topological polar surface area (TPSA) is 43.8 Å². The van der Waals surface area contributed by atoms with Crippen LogP contribution in [-0.2, 0) is 13.0 Å². The predicted molar refractivity (Wildman–Crippen MR) is 78.8 cm³/mol. The Morgan fingerprint density at radius 2 is 2.06 bits per heavy atom. The average molecular weight is 249 g/mol. The lowest BCUT2D eigenvalue weighted by Crippen LogP contribution is -2.07. The molecule has 0 bridgehead atoms. The summed E-state index contributed by atoms with van der Waals surface area (Å²) < 4.78 is 2.09. The van der Waals surface area contributed by atoms with E-state index < -0.39 is 0 Å². The van der Waals surface area contributed by atoms with Crippen LogP contribution in [0.1, 0.15) is 63.9 Å². The Morgan fingerprint density at radius 3 is 2.61 bits per heavy atom. The molecule has 0 aliphatic heterocycles. The number of aryl methyl sites for hydroxylation is 1. The minimum absolute atomic E-state index is 0.400. The predicted octanol–water partition coefficient (Wildman–Crippen LogP) is 3.90. The van der Waals surface area contributed by atoms with Crippen molar-refractivity contribution in [2.24, 2.45) is 0 Å². The molecule has 0 radical (unpaired) electrons. The molecule has 1 heterocycles. The Labute approximate surface area is 111 Å². The van der Waals surface area contributed by atoms with Gasteiger partial charge in [0.1, 0.15) is 11.6 Å². The number of imidazole rings is 1. The van der Waals surface area contributed by atoms with E-state index in [2.05, 4.69) is 31.9 Å². The molecule has 1 aromatic heterocycles. The number of unbranched alkanes of at least 4 members (excludes halogenated alkanes) is 3. The van der Waals surface area contributed by atoms with Gasteiger partial charge in [-0.2, -0.15) is 0 Å². The highest BCUT2D eigenvalue weighted by Crippen LogP contribution is 2.22. The normalized spacial score (nSPS) is 11.1. The van der Waals surface area contributed by atoms with Crippen LogP contribution in [0.4, 0.5) is 5.82 Å². The number of anilines is 1. The van der Waals surface area contributed by atoms with Crippen molar-refractivity contribution in [2.45, 2.75) is 65.3 Å². The molecule has 0 atom stereocenters. The molecule has 0 saturated carbocycles. The largest absolute Gasteiger partial charge is 0.384 e. The summed E-state index contributed by atoms with van der Waals surface area (Å²) in [7, 11) is 0. The zero-order valence-corrected chi connectivity index (χ0v) is 12.1. The lowest BCUT2D eigenvalue weighted by molar-refractivity contribution is 0.659. The average Bonchev–Trinajstić information content (AvgIpc) is 2.64. The van der Waals surface area contributed by atoms with Crippen molar-refractivity contribution in [2.75, 3.05) is 5.73 Å². The third kappa shape index (κ3) is 3.62. The minimum atomic E-state index is 0.400. The van der Waals surface area contributed by atoms with Crippen LogP contribution in [0.5, 0.6) is 0 Å². The summed E-state index contributed by atoms with van der Waals surface area (Å²) in [5.41, 5.74) is 7.26. The van der Waals surface area contributed by atoms with Crippen molar-refractivity contribution in [3.8, 4) is 0 Å². The SMILES string of the molecule is C=CCn1c(C(C)C)nc(CCCCCC)c1N. The molecule has 102 valence electrons. The van der Waals surface area contributed by atoms with Crippen LogP contribution in [0.25, 0.3) is 0 Å². The third-order valence-corrected chi connectivity index (χ3v) is 3.21. The first kappa shape index (κ1) is 14.8. The second-order valence-electron chi connectivity index (χ2n) is 5.17. The number of aromatic nitrogens is 2. The van der Waals surface area contributed by atoms with Gasteiger partial charge in [0.2, 0.25) is 0 Å². The Hall–Kier alpha value is -1.25. The Kier molecular flexibility index (Phi) is 5.96. The first-order valence-corrected chi connectivity index (χ1v) is 7.07. The van der Waals surface area contributed by atoms with E-state index in [0.29, 0.717) is 5.92 Å². The van der Waals surface area contributed by atoms with Gasteiger partial charge in [-0.05, 0) is 12.8 Å². The van der Waals surface area contributed by atoms with Crippen molar-refractivity contribution in [3.63, 3.8) is 0 Å². The second kappa shape index (κ2) is 7.24. The zero-order valence-electron chi connectivity index (χ0n) is 12.1. The van der Waals surface area contributed by atoms with E-state index in [1.165, 1.54) is 25.7 Å². The van der Waals surface area contributed by atoms with E-state index in [0.717, 1.165) is 30.3 Å². The second-order valence-corrected chi connectivity index (χ2v) is 5.17. The maximum absolute atomic E-state index is 6.20. The molecule has 18 heavy (non-hydrogen) atoms. The molecule has 1 rings (SSSR count). The highest BCUT2D eigenvalue weighted by Gasteiger charge is 2.15. The molecular weight excluding hydrogens is 222 g/mol. The Morgan fingerprint density at radius 1 is 1.33 bits per heavy atom. The summed E-state index contributed by atoms with van der Waals surface area (Å²) in [6.07, 6.45) is 7.88. The summed E-state index contributed by atoms with van der Waals surface area (Å²) in [5, 5.41) is 0. The maximum atomic E-state index is 6.20. The Bertz CT molecular complexity index is 377. The van der Waals surface area contributed by atoms with Crippen LogP contribution in [-0.4, -0.2) is 9.55 Å². The fourth-order valence-corrected chi connectivity index (χ4v) is 2.20. The number of nitrogens with zero attached hydrogens (tertiary/aromatic N) is 2. The summed E-state index contributed by atoms with van der Waals surface area (Å²) >= 11 is 0. The number of nitrogens with two attached hydrogens (primary N) is 1.